The molecule has 0 aliphatic heterocycles. The first-order valence-electron chi connectivity index (χ1n) is 14.7. The number of fused-ring (bicyclic) bond motifs is 5. The molecule has 4 fully saturated rings. The summed E-state index contributed by atoms with van der Waals surface area (Å²) in [4.78, 5) is 12.5. The van der Waals surface area contributed by atoms with Crippen molar-refractivity contribution >= 4 is 5.91 Å². The molecule has 1 amide bonds. The summed E-state index contributed by atoms with van der Waals surface area (Å²) < 4.78 is 0.956. The van der Waals surface area contributed by atoms with Crippen molar-refractivity contribution in [3.63, 3.8) is 0 Å². The number of aliphatic hydroxyl groups is 1. The second-order valence-corrected chi connectivity index (χ2v) is 14.5. The summed E-state index contributed by atoms with van der Waals surface area (Å²) in [5, 5.41) is 13.5. The molecule has 0 aromatic heterocycles. The number of hydrogen-bond donors (Lipinski definition) is 2. The SMILES string of the molecule is CC(CCC(=O)NCCC[N+](C)(C)C)[C@H]1CCC2C3CCC4C[C@H](O)CC[C@]4(C)C3CC[C@@]21C. The average Bonchev–Trinajstić information content (AvgIpc) is 3.12. The van der Waals surface area contributed by atoms with Gasteiger partial charge in [-0.3, -0.25) is 4.79 Å². The van der Waals surface area contributed by atoms with Crippen LogP contribution >= 0.6 is 0 Å². The molecule has 0 heterocycles. The van der Waals surface area contributed by atoms with Crippen LogP contribution in [0.15, 0.2) is 0 Å². The van der Waals surface area contributed by atoms with Crippen molar-refractivity contribution in [2.75, 3.05) is 34.2 Å². The molecule has 2 N–H and O–H groups in total. The van der Waals surface area contributed by atoms with Gasteiger partial charge in [0.05, 0.1) is 33.8 Å². The summed E-state index contributed by atoms with van der Waals surface area (Å²) in [7, 11) is 6.62. The molecule has 0 aromatic carbocycles. The van der Waals surface area contributed by atoms with E-state index in [-0.39, 0.29) is 12.0 Å². The van der Waals surface area contributed by atoms with E-state index in [1.165, 1.54) is 44.9 Å². The van der Waals surface area contributed by atoms with Crippen LogP contribution < -0.4 is 5.32 Å². The van der Waals surface area contributed by atoms with Crippen molar-refractivity contribution in [1.29, 1.82) is 0 Å². The van der Waals surface area contributed by atoms with Gasteiger partial charge >= 0.3 is 0 Å². The van der Waals surface area contributed by atoms with Gasteiger partial charge in [0.1, 0.15) is 0 Å². The lowest BCUT2D eigenvalue weighted by atomic mass is 9.44. The number of aliphatic hydroxyl groups excluding tert-OH is 1. The zero-order chi connectivity index (χ0) is 24.7. The Morgan fingerprint density at radius 3 is 2.44 bits per heavy atom. The van der Waals surface area contributed by atoms with E-state index in [9.17, 15) is 9.90 Å². The van der Waals surface area contributed by atoms with Crippen LogP contribution in [0.4, 0.5) is 0 Å². The molecule has 4 aliphatic carbocycles. The Balaban J connectivity index is 1.31. The predicted octanol–water partition coefficient (Wildman–Crippen LogP) is 5.64. The van der Waals surface area contributed by atoms with Gasteiger partial charge < -0.3 is 14.9 Å². The quantitative estimate of drug-likeness (QED) is 0.353. The van der Waals surface area contributed by atoms with Crippen LogP contribution in [0.3, 0.4) is 0 Å². The molecule has 4 rings (SSSR count). The standard InChI is InChI=1S/C30H54N2O2/c1-21(8-13-28(34)31-18-7-19-32(4,5)6)25-11-12-26-24-10-9-22-20-23(33)14-16-29(22,2)27(24)15-17-30(25,26)3/h21-27,33H,7-20H2,1-6H3/p+1/t21?,22?,23-,24?,25-,26?,27?,29+,30-/m1/s1. The third-order valence-electron chi connectivity index (χ3n) is 11.6. The second kappa shape index (κ2) is 10.0. The topological polar surface area (TPSA) is 49.3 Å². The minimum absolute atomic E-state index is 0.0463. The number of carbonyl (C=O) groups is 1. The first kappa shape index (κ1) is 26.5. The molecule has 0 bridgehead atoms. The molecule has 9 atom stereocenters. The molecule has 0 spiro atoms. The second-order valence-electron chi connectivity index (χ2n) is 14.5. The highest BCUT2D eigenvalue weighted by molar-refractivity contribution is 5.75. The number of rotatable bonds is 8. The zero-order valence-corrected chi connectivity index (χ0v) is 23.2. The first-order chi connectivity index (χ1) is 15.9. The maximum atomic E-state index is 12.5. The highest BCUT2D eigenvalue weighted by Crippen LogP contribution is 2.68. The molecule has 4 heteroatoms. The van der Waals surface area contributed by atoms with Crippen LogP contribution in [0.5, 0.6) is 0 Å². The van der Waals surface area contributed by atoms with Crippen molar-refractivity contribution in [3.05, 3.63) is 0 Å². The van der Waals surface area contributed by atoms with Gasteiger partial charge in [0.15, 0.2) is 0 Å². The summed E-state index contributed by atoms with van der Waals surface area (Å²) in [5.74, 6) is 5.08. The molecule has 196 valence electrons. The van der Waals surface area contributed by atoms with Crippen molar-refractivity contribution in [1.82, 2.24) is 5.32 Å². The Kier molecular flexibility index (Phi) is 7.81. The third-order valence-corrected chi connectivity index (χ3v) is 11.6. The molecule has 4 saturated carbocycles. The minimum atomic E-state index is -0.0463. The van der Waals surface area contributed by atoms with E-state index in [0.29, 0.717) is 23.2 Å². The summed E-state index contributed by atoms with van der Waals surface area (Å²) in [5.41, 5.74) is 0.941. The normalized spacial score (nSPS) is 42.9. The van der Waals surface area contributed by atoms with E-state index in [1.54, 1.807) is 0 Å². The molecule has 4 aliphatic rings. The maximum absolute atomic E-state index is 12.5. The van der Waals surface area contributed by atoms with Gasteiger partial charge in [-0.05, 0) is 111 Å². The number of carbonyl (C=O) groups excluding carboxylic acids is 1. The van der Waals surface area contributed by atoms with E-state index in [1.807, 2.05) is 0 Å². The number of nitrogens with zero attached hydrogens (tertiary/aromatic N) is 1. The van der Waals surface area contributed by atoms with Crippen LogP contribution in [-0.4, -0.2) is 55.8 Å². The molecule has 0 saturated heterocycles. The van der Waals surface area contributed by atoms with E-state index in [0.717, 1.165) is 72.8 Å². The zero-order valence-electron chi connectivity index (χ0n) is 23.2. The van der Waals surface area contributed by atoms with E-state index in [4.69, 9.17) is 0 Å². The van der Waals surface area contributed by atoms with Crippen LogP contribution in [-0.2, 0) is 4.79 Å². The fourth-order valence-electron chi connectivity index (χ4n) is 9.64. The van der Waals surface area contributed by atoms with Crippen LogP contribution in [0.1, 0.15) is 97.8 Å². The summed E-state index contributed by atoms with van der Waals surface area (Å²) >= 11 is 0. The average molecular weight is 476 g/mol. The van der Waals surface area contributed by atoms with Gasteiger partial charge in [0.2, 0.25) is 5.91 Å². The van der Waals surface area contributed by atoms with Crippen LogP contribution in [0.25, 0.3) is 0 Å². The van der Waals surface area contributed by atoms with Crippen LogP contribution in [0, 0.1) is 46.3 Å². The Morgan fingerprint density at radius 1 is 1.00 bits per heavy atom. The molecular formula is C30H55N2O2+. The number of nitrogens with one attached hydrogen (secondary N) is 1. The Labute approximate surface area is 210 Å². The lowest BCUT2D eigenvalue weighted by Gasteiger charge is -2.61. The number of amides is 1. The number of quaternary nitrogens is 1. The van der Waals surface area contributed by atoms with Gasteiger partial charge in [-0.15, -0.1) is 0 Å². The summed E-state index contributed by atoms with van der Waals surface area (Å²) in [6.07, 6.45) is 14.4. The lowest BCUT2D eigenvalue weighted by molar-refractivity contribution is -0.870. The van der Waals surface area contributed by atoms with Crippen molar-refractivity contribution in [3.8, 4) is 0 Å². The molecular weight excluding hydrogens is 420 g/mol. The fraction of sp³-hybridized carbons (Fsp3) is 0.967. The van der Waals surface area contributed by atoms with Crippen molar-refractivity contribution in [2.24, 2.45) is 46.3 Å². The van der Waals surface area contributed by atoms with E-state index in [2.05, 4.69) is 47.2 Å². The number of hydrogen-bond acceptors (Lipinski definition) is 2. The highest BCUT2D eigenvalue weighted by atomic mass is 16.3. The molecule has 0 aromatic rings. The maximum Gasteiger partial charge on any atom is 0.220 e. The van der Waals surface area contributed by atoms with Gasteiger partial charge in [0, 0.05) is 19.4 Å². The van der Waals surface area contributed by atoms with Gasteiger partial charge in [-0.25, -0.2) is 0 Å². The van der Waals surface area contributed by atoms with Gasteiger partial charge in [0.25, 0.3) is 0 Å². The Hall–Kier alpha value is -0.610. The van der Waals surface area contributed by atoms with Gasteiger partial charge in [-0.2, -0.15) is 0 Å². The molecule has 0 radical (unpaired) electrons. The minimum Gasteiger partial charge on any atom is -0.393 e. The van der Waals surface area contributed by atoms with Crippen molar-refractivity contribution in [2.45, 2.75) is 104 Å². The highest BCUT2D eigenvalue weighted by Gasteiger charge is 2.60. The summed E-state index contributed by atoms with van der Waals surface area (Å²) in [6.45, 7) is 9.57. The first-order valence-corrected chi connectivity index (χ1v) is 14.7. The van der Waals surface area contributed by atoms with Crippen LogP contribution in [0.2, 0.25) is 0 Å². The summed E-state index contributed by atoms with van der Waals surface area (Å²) in [6, 6.07) is 0. The van der Waals surface area contributed by atoms with Crippen molar-refractivity contribution < 1.29 is 14.4 Å². The smallest absolute Gasteiger partial charge is 0.220 e. The fourth-order valence-corrected chi connectivity index (χ4v) is 9.64. The monoisotopic (exact) mass is 475 g/mol. The van der Waals surface area contributed by atoms with Gasteiger partial charge in [-0.1, -0.05) is 20.8 Å². The molecule has 34 heavy (non-hydrogen) atoms. The predicted molar refractivity (Wildman–Crippen MR) is 140 cm³/mol. The Bertz CT molecular complexity index is 717. The third kappa shape index (κ3) is 5.24. The van der Waals surface area contributed by atoms with E-state index < -0.39 is 0 Å². The Morgan fingerprint density at radius 2 is 1.71 bits per heavy atom. The molecule has 5 unspecified atom stereocenters. The lowest BCUT2D eigenvalue weighted by Crippen LogP contribution is -2.54. The van der Waals surface area contributed by atoms with E-state index >= 15 is 0 Å². The molecule has 4 nitrogen and oxygen atoms in total. The largest absolute Gasteiger partial charge is 0.393 e.